The number of methoxy groups -OCH3 is 1. The van der Waals surface area contributed by atoms with Crippen molar-refractivity contribution in [3.05, 3.63) is 99.3 Å². The van der Waals surface area contributed by atoms with Crippen molar-refractivity contribution in [1.29, 1.82) is 0 Å². The summed E-state index contributed by atoms with van der Waals surface area (Å²) >= 11 is 0. The molecule has 0 unspecified atom stereocenters. The fourth-order valence-electron chi connectivity index (χ4n) is 3.05. The minimum absolute atomic E-state index is 0.0108. The van der Waals surface area contributed by atoms with Crippen LogP contribution in [0, 0.1) is 10.1 Å². The normalized spacial score (nSPS) is 11.0. The fourth-order valence-corrected chi connectivity index (χ4v) is 3.05. The Labute approximate surface area is 176 Å². The second-order valence-corrected chi connectivity index (χ2v) is 6.49. The molecule has 0 saturated carbocycles. The molecule has 154 valence electrons. The van der Waals surface area contributed by atoms with Crippen LogP contribution in [0.3, 0.4) is 0 Å². The third-order valence-corrected chi connectivity index (χ3v) is 4.58. The first-order chi connectivity index (χ1) is 15.1. The van der Waals surface area contributed by atoms with Crippen LogP contribution in [0.2, 0.25) is 0 Å². The topological polar surface area (TPSA) is 115 Å². The number of hydrogen-bond acceptors (Lipinski definition) is 6. The Bertz CT molecular complexity index is 1310. The molecule has 1 aromatic heterocycles. The fraction of sp³-hybridized carbons (Fsp3) is 0.0455. The minimum atomic E-state index is -0.575. The van der Waals surface area contributed by atoms with Gasteiger partial charge in [0, 0.05) is 5.56 Å². The van der Waals surface area contributed by atoms with Crippen LogP contribution in [-0.2, 0) is 0 Å². The van der Waals surface area contributed by atoms with Gasteiger partial charge in [-0.3, -0.25) is 20.0 Å². The summed E-state index contributed by atoms with van der Waals surface area (Å²) in [4.78, 5) is 24.0. The summed E-state index contributed by atoms with van der Waals surface area (Å²) in [6, 6.07) is 22.4. The van der Waals surface area contributed by atoms with Crippen molar-refractivity contribution in [3.8, 4) is 22.7 Å². The van der Waals surface area contributed by atoms with Gasteiger partial charge in [-0.1, -0.05) is 48.5 Å². The van der Waals surface area contributed by atoms with E-state index >= 15 is 0 Å². The maximum absolute atomic E-state index is 13.1. The zero-order chi connectivity index (χ0) is 21.8. The van der Waals surface area contributed by atoms with E-state index in [1.54, 1.807) is 18.2 Å². The predicted octanol–water partition coefficient (Wildman–Crippen LogP) is 5.16. The van der Waals surface area contributed by atoms with Crippen molar-refractivity contribution in [2.75, 3.05) is 7.11 Å². The first-order valence-electron chi connectivity index (χ1n) is 9.28. The summed E-state index contributed by atoms with van der Waals surface area (Å²) in [6.45, 7) is 0. The van der Waals surface area contributed by atoms with Crippen LogP contribution >= 0.6 is 0 Å². The van der Waals surface area contributed by atoms with Crippen LogP contribution in [0.1, 0.15) is 0 Å². The Morgan fingerprint density at radius 2 is 1.65 bits per heavy atom. The summed E-state index contributed by atoms with van der Waals surface area (Å²) < 4.78 is 6.40. The summed E-state index contributed by atoms with van der Waals surface area (Å²) in [7, 11) is 1.41. The molecule has 0 saturated heterocycles. The number of H-pyrrole nitrogens is 1. The number of aromatic amines is 1. The number of nitro groups is 1. The number of nitro benzene ring substituents is 1. The van der Waals surface area contributed by atoms with Crippen molar-refractivity contribution < 1.29 is 9.66 Å². The number of ether oxygens (including phenoxy) is 1. The highest BCUT2D eigenvalue weighted by atomic mass is 16.6. The lowest BCUT2D eigenvalue weighted by Gasteiger charge is -2.01. The van der Waals surface area contributed by atoms with E-state index in [2.05, 4.69) is 15.3 Å². The van der Waals surface area contributed by atoms with Gasteiger partial charge in [-0.05, 0) is 24.3 Å². The second kappa shape index (κ2) is 8.46. The van der Waals surface area contributed by atoms with Gasteiger partial charge < -0.3 is 4.74 Å². The van der Waals surface area contributed by atoms with E-state index in [4.69, 9.17) is 4.74 Å². The molecule has 0 spiro atoms. The summed E-state index contributed by atoms with van der Waals surface area (Å²) in [5, 5.41) is 22.6. The molecule has 4 rings (SSSR count). The van der Waals surface area contributed by atoms with E-state index in [1.807, 2.05) is 48.5 Å². The Kier molecular flexibility index (Phi) is 5.39. The molecule has 0 atom stereocenters. The number of aromatic nitrogens is 2. The number of azo groups is 1. The van der Waals surface area contributed by atoms with Crippen molar-refractivity contribution in [3.63, 3.8) is 0 Å². The van der Waals surface area contributed by atoms with Crippen LogP contribution in [0.15, 0.2) is 93.9 Å². The van der Waals surface area contributed by atoms with Crippen molar-refractivity contribution >= 4 is 17.1 Å². The van der Waals surface area contributed by atoms with Crippen LogP contribution in [0.25, 0.3) is 16.9 Å². The molecular weight excluding hydrogens is 398 g/mol. The van der Waals surface area contributed by atoms with Gasteiger partial charge >= 0.3 is 0 Å². The van der Waals surface area contributed by atoms with Gasteiger partial charge in [0.25, 0.3) is 11.2 Å². The number of nitrogens with zero attached hydrogens (tertiary/aromatic N) is 4. The number of rotatable bonds is 6. The third kappa shape index (κ3) is 3.97. The van der Waals surface area contributed by atoms with Crippen LogP contribution in [0.4, 0.5) is 17.1 Å². The average molecular weight is 415 g/mol. The molecule has 0 fully saturated rings. The number of nitrogens with one attached hydrogen (secondary N) is 1. The summed E-state index contributed by atoms with van der Waals surface area (Å²) in [6.07, 6.45) is 0. The standard InChI is InChI=1S/C22H17N5O4/c1-31-17-12-13-18(19(14-17)27(29)30)23-24-21-20(15-8-4-2-5-9-15)25-26(22(21)28)16-10-6-3-7-11-16/h2-14,25H,1H3. The zero-order valence-electron chi connectivity index (χ0n) is 16.4. The molecule has 1 N–H and O–H groups in total. The van der Waals surface area contributed by atoms with Gasteiger partial charge in [0.2, 0.25) is 0 Å². The molecule has 4 aromatic rings. The quantitative estimate of drug-likeness (QED) is 0.266. The first kappa shape index (κ1) is 19.8. The molecule has 31 heavy (non-hydrogen) atoms. The molecule has 9 nitrogen and oxygen atoms in total. The van der Waals surface area contributed by atoms with E-state index in [1.165, 1.54) is 23.9 Å². The van der Waals surface area contributed by atoms with E-state index in [0.717, 1.165) is 5.56 Å². The van der Waals surface area contributed by atoms with E-state index in [9.17, 15) is 14.9 Å². The zero-order valence-corrected chi connectivity index (χ0v) is 16.4. The molecule has 0 amide bonds. The Balaban J connectivity index is 1.86. The largest absolute Gasteiger partial charge is 0.496 e. The SMILES string of the molecule is COc1ccc(N=Nc2c(-c3ccccc3)[nH]n(-c3ccccc3)c2=O)c([N+](=O)[O-])c1. The van der Waals surface area contributed by atoms with Gasteiger partial charge in [0.1, 0.15) is 5.75 Å². The highest BCUT2D eigenvalue weighted by Gasteiger charge is 2.19. The van der Waals surface area contributed by atoms with E-state index in [-0.39, 0.29) is 17.1 Å². The summed E-state index contributed by atoms with van der Waals surface area (Å²) in [5.41, 5.74) is 1.16. The Hall–Kier alpha value is -4.53. The molecule has 0 aliphatic heterocycles. The van der Waals surface area contributed by atoms with Gasteiger partial charge in [-0.15, -0.1) is 10.2 Å². The number of benzene rings is 3. The highest BCUT2D eigenvalue weighted by molar-refractivity contribution is 5.72. The van der Waals surface area contributed by atoms with Crippen LogP contribution < -0.4 is 10.3 Å². The van der Waals surface area contributed by atoms with Gasteiger partial charge in [-0.2, -0.15) is 0 Å². The van der Waals surface area contributed by atoms with Gasteiger partial charge in [0.05, 0.1) is 29.5 Å². The van der Waals surface area contributed by atoms with E-state index < -0.39 is 10.5 Å². The van der Waals surface area contributed by atoms with Crippen LogP contribution in [-0.4, -0.2) is 21.8 Å². The Morgan fingerprint density at radius 1 is 0.968 bits per heavy atom. The molecule has 0 aliphatic rings. The lowest BCUT2D eigenvalue weighted by Crippen LogP contribution is -2.13. The third-order valence-electron chi connectivity index (χ3n) is 4.58. The molecule has 0 aliphatic carbocycles. The van der Waals surface area contributed by atoms with Crippen molar-refractivity contribution in [2.24, 2.45) is 10.2 Å². The molecule has 1 heterocycles. The van der Waals surface area contributed by atoms with Crippen LogP contribution in [0.5, 0.6) is 5.75 Å². The second-order valence-electron chi connectivity index (χ2n) is 6.49. The van der Waals surface area contributed by atoms with E-state index in [0.29, 0.717) is 17.1 Å². The smallest absolute Gasteiger partial charge is 0.300 e. The average Bonchev–Trinajstić information content (AvgIpc) is 3.14. The summed E-state index contributed by atoms with van der Waals surface area (Å²) in [5.74, 6) is 0.323. The highest BCUT2D eigenvalue weighted by Crippen LogP contribution is 2.34. The lowest BCUT2D eigenvalue weighted by atomic mass is 10.1. The maximum atomic E-state index is 13.1. The Morgan fingerprint density at radius 3 is 2.29 bits per heavy atom. The molecular formula is C22H17N5O4. The number of hydrogen-bond donors (Lipinski definition) is 1. The van der Waals surface area contributed by atoms with Crippen molar-refractivity contribution in [1.82, 2.24) is 9.78 Å². The molecule has 0 radical (unpaired) electrons. The van der Waals surface area contributed by atoms with Crippen molar-refractivity contribution in [2.45, 2.75) is 0 Å². The predicted molar refractivity (Wildman–Crippen MR) is 116 cm³/mol. The monoisotopic (exact) mass is 415 g/mol. The molecule has 9 heteroatoms. The minimum Gasteiger partial charge on any atom is -0.496 e. The molecule has 0 bridgehead atoms. The lowest BCUT2D eigenvalue weighted by molar-refractivity contribution is -0.384. The first-order valence-corrected chi connectivity index (χ1v) is 9.28. The number of para-hydroxylation sites is 1. The van der Waals surface area contributed by atoms with Gasteiger partial charge in [-0.25, -0.2) is 4.68 Å². The molecule has 3 aromatic carbocycles. The maximum Gasteiger partial charge on any atom is 0.300 e. The van der Waals surface area contributed by atoms with Gasteiger partial charge in [0.15, 0.2) is 11.4 Å².